The van der Waals surface area contributed by atoms with E-state index in [1.165, 1.54) is 11.5 Å². The molecule has 0 amide bonds. The van der Waals surface area contributed by atoms with Crippen LogP contribution < -0.4 is 0 Å². The lowest BCUT2D eigenvalue weighted by Gasteiger charge is -2.20. The van der Waals surface area contributed by atoms with Gasteiger partial charge in [-0.1, -0.05) is 13.8 Å². The van der Waals surface area contributed by atoms with Gasteiger partial charge in [-0.15, -0.1) is 23.5 Å². The van der Waals surface area contributed by atoms with E-state index < -0.39 is 0 Å². The van der Waals surface area contributed by atoms with E-state index in [1.54, 1.807) is 0 Å². The summed E-state index contributed by atoms with van der Waals surface area (Å²) in [5.41, 5.74) is 0. The average molecular weight is 250 g/mol. The highest BCUT2D eigenvalue weighted by atomic mass is 32.2. The van der Waals surface area contributed by atoms with Gasteiger partial charge in [0.25, 0.3) is 0 Å². The lowest BCUT2D eigenvalue weighted by Crippen LogP contribution is -2.23. The van der Waals surface area contributed by atoms with Crippen LogP contribution in [0.25, 0.3) is 0 Å². The highest BCUT2D eigenvalue weighted by Crippen LogP contribution is 2.32. The smallest absolute Gasteiger partial charge is 0.163 e. The fourth-order valence-corrected chi connectivity index (χ4v) is 4.30. The summed E-state index contributed by atoms with van der Waals surface area (Å²) in [6.07, 6.45) is 1.38. The molecular weight excluding hydrogens is 228 g/mol. The first-order chi connectivity index (χ1) is 7.07. The van der Waals surface area contributed by atoms with Gasteiger partial charge in [-0.05, 0) is 31.8 Å². The minimum absolute atomic E-state index is 0.281. The van der Waals surface area contributed by atoms with Crippen LogP contribution in [0, 0.1) is 0 Å². The average Bonchev–Trinajstić information content (AvgIpc) is 2.46. The Kier molecular flexibility index (Phi) is 5.82. The van der Waals surface area contributed by atoms with Gasteiger partial charge in [-0.25, -0.2) is 0 Å². The van der Waals surface area contributed by atoms with E-state index in [2.05, 4.69) is 13.8 Å². The van der Waals surface area contributed by atoms with E-state index in [0.29, 0.717) is 4.58 Å². The fourth-order valence-electron chi connectivity index (χ4n) is 1.65. The Bertz CT molecular complexity index is 179. The predicted octanol–water partition coefficient (Wildman–Crippen LogP) is 3.36. The maximum atomic E-state index is 5.82. The Morgan fingerprint density at radius 1 is 1.27 bits per heavy atom. The molecule has 0 radical (unpaired) electrons. The van der Waals surface area contributed by atoms with Crippen LogP contribution in [0.15, 0.2) is 0 Å². The van der Waals surface area contributed by atoms with Gasteiger partial charge in [0.2, 0.25) is 0 Å². The highest BCUT2D eigenvalue weighted by Gasteiger charge is 2.33. The van der Waals surface area contributed by atoms with Crippen molar-refractivity contribution in [1.82, 2.24) is 0 Å². The Morgan fingerprint density at radius 2 is 1.87 bits per heavy atom. The largest absolute Gasteiger partial charge is 0.348 e. The Morgan fingerprint density at radius 3 is 2.27 bits per heavy atom. The molecule has 0 aromatic rings. The first-order valence-electron chi connectivity index (χ1n) is 5.62. The molecule has 2 nitrogen and oxygen atoms in total. The van der Waals surface area contributed by atoms with Gasteiger partial charge < -0.3 is 9.47 Å². The normalized spacial score (nSPS) is 25.0. The van der Waals surface area contributed by atoms with Crippen molar-refractivity contribution < 1.29 is 9.47 Å². The number of thioether (sulfide) groups is 2. The summed E-state index contributed by atoms with van der Waals surface area (Å²) in [6.45, 7) is 9.15. The molecule has 15 heavy (non-hydrogen) atoms. The van der Waals surface area contributed by atoms with Gasteiger partial charge in [-0.2, -0.15) is 0 Å². The van der Waals surface area contributed by atoms with Crippen LogP contribution >= 0.6 is 23.5 Å². The van der Waals surface area contributed by atoms with Gasteiger partial charge in [0.1, 0.15) is 0 Å². The minimum atomic E-state index is -0.372. The van der Waals surface area contributed by atoms with E-state index in [1.807, 2.05) is 37.4 Å². The highest BCUT2D eigenvalue weighted by molar-refractivity contribution is 8.16. The predicted molar refractivity (Wildman–Crippen MR) is 69.6 cm³/mol. The zero-order valence-electron chi connectivity index (χ0n) is 10.1. The van der Waals surface area contributed by atoms with E-state index in [4.69, 9.17) is 9.47 Å². The summed E-state index contributed by atoms with van der Waals surface area (Å²) < 4.78 is 12.0. The second-order valence-corrected chi connectivity index (χ2v) is 7.28. The quantitative estimate of drug-likeness (QED) is 0.673. The van der Waals surface area contributed by atoms with Gasteiger partial charge in [0.05, 0.1) is 17.3 Å². The SMILES string of the molecule is CCSC(C[C@@H]1COC(C)(C)O1)SCC. The van der Waals surface area contributed by atoms with E-state index >= 15 is 0 Å². The third-order valence-corrected chi connectivity index (χ3v) is 4.84. The van der Waals surface area contributed by atoms with Gasteiger partial charge in [0, 0.05) is 0 Å². The molecule has 0 aromatic heterocycles. The summed E-state index contributed by atoms with van der Waals surface area (Å²) in [5, 5.41) is 0. The van der Waals surface area contributed by atoms with E-state index in [-0.39, 0.29) is 11.9 Å². The van der Waals surface area contributed by atoms with Crippen LogP contribution in [0.2, 0.25) is 0 Å². The van der Waals surface area contributed by atoms with Crippen LogP contribution in [-0.2, 0) is 9.47 Å². The fraction of sp³-hybridized carbons (Fsp3) is 1.00. The molecular formula is C11H22O2S2. The van der Waals surface area contributed by atoms with Crippen molar-refractivity contribution in [3.8, 4) is 0 Å². The van der Waals surface area contributed by atoms with Gasteiger partial charge in [0.15, 0.2) is 5.79 Å². The van der Waals surface area contributed by atoms with Crippen molar-refractivity contribution in [2.75, 3.05) is 18.1 Å². The molecule has 1 aliphatic heterocycles. The first-order valence-corrected chi connectivity index (χ1v) is 7.72. The molecule has 0 spiro atoms. The maximum Gasteiger partial charge on any atom is 0.163 e. The lowest BCUT2D eigenvalue weighted by molar-refractivity contribution is -0.138. The summed E-state index contributed by atoms with van der Waals surface area (Å²) in [7, 11) is 0. The Balaban J connectivity index is 2.32. The van der Waals surface area contributed by atoms with Crippen LogP contribution in [0.4, 0.5) is 0 Å². The molecule has 0 unspecified atom stereocenters. The molecule has 0 saturated carbocycles. The number of hydrogen-bond acceptors (Lipinski definition) is 4. The summed E-state index contributed by atoms with van der Waals surface area (Å²) in [4.78, 5) is 0. The summed E-state index contributed by atoms with van der Waals surface area (Å²) >= 11 is 4.03. The molecule has 1 saturated heterocycles. The molecule has 1 atom stereocenters. The molecule has 90 valence electrons. The topological polar surface area (TPSA) is 18.5 Å². The van der Waals surface area contributed by atoms with Gasteiger partial charge >= 0.3 is 0 Å². The molecule has 1 fully saturated rings. The van der Waals surface area contributed by atoms with Crippen molar-refractivity contribution in [3.05, 3.63) is 0 Å². The van der Waals surface area contributed by atoms with Crippen molar-refractivity contribution in [1.29, 1.82) is 0 Å². The standard InChI is InChI=1S/C11H22O2S2/c1-5-14-10(15-6-2)7-9-8-12-11(3,4)13-9/h9-10H,5-8H2,1-4H3/t9-/m1/s1. The van der Waals surface area contributed by atoms with Crippen molar-refractivity contribution in [2.45, 2.75) is 50.6 Å². The van der Waals surface area contributed by atoms with E-state index in [0.717, 1.165) is 13.0 Å². The third-order valence-electron chi connectivity index (χ3n) is 2.23. The minimum Gasteiger partial charge on any atom is -0.348 e. The van der Waals surface area contributed by atoms with Crippen LogP contribution in [-0.4, -0.2) is 34.6 Å². The monoisotopic (exact) mass is 250 g/mol. The third kappa shape index (κ3) is 4.98. The molecule has 4 heteroatoms. The van der Waals surface area contributed by atoms with E-state index in [9.17, 15) is 0 Å². The Labute approximate surface area is 102 Å². The summed E-state index contributed by atoms with van der Waals surface area (Å²) in [5.74, 6) is 1.98. The van der Waals surface area contributed by atoms with Crippen molar-refractivity contribution >= 4 is 23.5 Å². The van der Waals surface area contributed by atoms with Crippen LogP contribution in [0.5, 0.6) is 0 Å². The molecule has 0 aromatic carbocycles. The zero-order valence-corrected chi connectivity index (χ0v) is 11.7. The summed E-state index contributed by atoms with van der Waals surface area (Å²) in [6, 6.07) is 0. The van der Waals surface area contributed by atoms with Crippen LogP contribution in [0.1, 0.15) is 34.1 Å². The number of ether oxygens (including phenoxy) is 2. The second-order valence-electron chi connectivity index (χ2n) is 4.03. The molecule has 1 aliphatic rings. The molecule has 1 heterocycles. The zero-order chi connectivity index (χ0) is 11.3. The van der Waals surface area contributed by atoms with Crippen LogP contribution in [0.3, 0.4) is 0 Å². The lowest BCUT2D eigenvalue weighted by atomic mass is 10.3. The Hall–Kier alpha value is 0.620. The maximum absolute atomic E-state index is 5.82. The molecule has 0 bridgehead atoms. The number of rotatable bonds is 6. The molecule has 0 aliphatic carbocycles. The van der Waals surface area contributed by atoms with Gasteiger partial charge in [-0.3, -0.25) is 0 Å². The van der Waals surface area contributed by atoms with Crippen molar-refractivity contribution in [3.63, 3.8) is 0 Å². The van der Waals surface area contributed by atoms with Crippen molar-refractivity contribution in [2.24, 2.45) is 0 Å². The molecule has 1 rings (SSSR count). The number of hydrogen-bond donors (Lipinski definition) is 0. The second kappa shape index (κ2) is 6.38. The molecule has 0 N–H and O–H groups in total. The first kappa shape index (κ1) is 13.7.